The van der Waals surface area contributed by atoms with Crippen LogP contribution in [0.2, 0.25) is 5.02 Å². The van der Waals surface area contributed by atoms with E-state index in [0.717, 1.165) is 11.1 Å². The lowest BCUT2D eigenvalue weighted by molar-refractivity contribution is -0.146. The van der Waals surface area contributed by atoms with Crippen molar-refractivity contribution in [2.45, 2.75) is 24.5 Å². The van der Waals surface area contributed by atoms with Crippen LogP contribution in [0, 0.1) is 0 Å². The standard InChI is InChI=1S/C19H16ClN3O2/c20-16-8-6-14(7-9-16)17-10-19(18(24)25-17,11-23-13-21-12-22-23)15-4-2-1-3-5-15/h1-9,12-13,17H,10-11H2/t17?,19-/m0/s1. The molecule has 1 unspecified atom stereocenters. The molecule has 4 rings (SSSR count). The van der Waals surface area contributed by atoms with Crippen molar-refractivity contribution >= 4 is 17.6 Å². The molecule has 0 radical (unpaired) electrons. The fraction of sp³-hybridized carbons (Fsp3) is 0.211. The van der Waals surface area contributed by atoms with E-state index in [9.17, 15) is 4.79 Å². The van der Waals surface area contributed by atoms with Crippen molar-refractivity contribution in [3.8, 4) is 0 Å². The summed E-state index contributed by atoms with van der Waals surface area (Å²) in [5.41, 5.74) is 1.07. The third-order valence-corrected chi connectivity index (χ3v) is 4.89. The molecule has 2 aromatic carbocycles. The van der Waals surface area contributed by atoms with E-state index in [4.69, 9.17) is 16.3 Å². The minimum Gasteiger partial charge on any atom is -0.457 e. The predicted molar refractivity (Wildman–Crippen MR) is 93.0 cm³/mol. The lowest BCUT2D eigenvalue weighted by atomic mass is 9.77. The van der Waals surface area contributed by atoms with Crippen LogP contribution in [0.3, 0.4) is 0 Å². The summed E-state index contributed by atoms with van der Waals surface area (Å²) < 4.78 is 7.44. The summed E-state index contributed by atoms with van der Waals surface area (Å²) in [6.07, 6.45) is 3.31. The largest absolute Gasteiger partial charge is 0.457 e. The molecule has 2 heterocycles. The summed E-state index contributed by atoms with van der Waals surface area (Å²) in [6.45, 7) is 0.389. The highest BCUT2D eigenvalue weighted by Gasteiger charge is 2.51. The third-order valence-electron chi connectivity index (χ3n) is 4.64. The van der Waals surface area contributed by atoms with Gasteiger partial charge in [0, 0.05) is 11.4 Å². The molecule has 1 fully saturated rings. The van der Waals surface area contributed by atoms with Crippen molar-refractivity contribution in [1.82, 2.24) is 14.8 Å². The molecule has 0 saturated carbocycles. The summed E-state index contributed by atoms with van der Waals surface area (Å²) in [5.74, 6) is -0.242. The lowest BCUT2D eigenvalue weighted by Gasteiger charge is -2.25. The number of aromatic nitrogens is 3. The molecule has 5 nitrogen and oxygen atoms in total. The quantitative estimate of drug-likeness (QED) is 0.673. The van der Waals surface area contributed by atoms with E-state index in [1.165, 1.54) is 6.33 Å². The van der Waals surface area contributed by atoms with Crippen LogP contribution in [-0.2, 0) is 21.5 Å². The number of carbonyl (C=O) groups excluding carboxylic acids is 1. The van der Waals surface area contributed by atoms with Gasteiger partial charge in [0.25, 0.3) is 0 Å². The number of benzene rings is 2. The first-order valence-corrected chi connectivity index (χ1v) is 8.40. The molecule has 0 N–H and O–H groups in total. The van der Waals surface area contributed by atoms with Gasteiger partial charge in [-0.05, 0) is 23.3 Å². The molecule has 1 saturated heterocycles. The van der Waals surface area contributed by atoms with E-state index in [2.05, 4.69) is 10.1 Å². The Kier molecular flexibility index (Phi) is 4.01. The van der Waals surface area contributed by atoms with Gasteiger partial charge in [0.1, 0.15) is 24.2 Å². The van der Waals surface area contributed by atoms with Crippen LogP contribution in [0.1, 0.15) is 23.7 Å². The molecular formula is C19H16ClN3O2. The van der Waals surface area contributed by atoms with E-state index in [1.54, 1.807) is 11.0 Å². The minimum absolute atomic E-state index is 0.242. The topological polar surface area (TPSA) is 57.0 Å². The van der Waals surface area contributed by atoms with Gasteiger partial charge in [-0.1, -0.05) is 54.1 Å². The molecule has 0 aliphatic carbocycles. The van der Waals surface area contributed by atoms with Gasteiger partial charge in [-0.25, -0.2) is 4.98 Å². The smallest absolute Gasteiger partial charge is 0.319 e. The van der Waals surface area contributed by atoms with E-state index in [-0.39, 0.29) is 12.1 Å². The van der Waals surface area contributed by atoms with Crippen molar-refractivity contribution in [3.05, 3.63) is 83.4 Å². The number of halogens is 1. The SMILES string of the molecule is O=C1OC(c2ccc(Cl)cc2)C[C@]1(Cn1cncn1)c1ccccc1. The zero-order valence-corrected chi connectivity index (χ0v) is 14.1. The highest BCUT2D eigenvalue weighted by molar-refractivity contribution is 6.30. The van der Waals surface area contributed by atoms with Crippen LogP contribution in [0.4, 0.5) is 0 Å². The second-order valence-corrected chi connectivity index (χ2v) is 6.63. The first-order valence-electron chi connectivity index (χ1n) is 8.02. The molecular weight excluding hydrogens is 338 g/mol. The Hall–Kier alpha value is -2.66. The van der Waals surface area contributed by atoms with Gasteiger partial charge in [-0.3, -0.25) is 9.48 Å². The Morgan fingerprint density at radius 1 is 1.16 bits per heavy atom. The highest BCUT2D eigenvalue weighted by atomic mass is 35.5. The van der Waals surface area contributed by atoms with Gasteiger partial charge in [0.2, 0.25) is 0 Å². The summed E-state index contributed by atoms with van der Waals surface area (Å²) in [6, 6.07) is 17.1. The van der Waals surface area contributed by atoms with Gasteiger partial charge in [0.15, 0.2) is 0 Å². The predicted octanol–water partition coefficient (Wildman–Crippen LogP) is 3.56. The fourth-order valence-electron chi connectivity index (χ4n) is 3.35. The molecule has 1 aromatic heterocycles. The van der Waals surface area contributed by atoms with E-state index >= 15 is 0 Å². The Bertz CT molecular complexity index is 865. The van der Waals surface area contributed by atoms with E-state index in [1.807, 2.05) is 54.6 Å². The van der Waals surface area contributed by atoms with Crippen LogP contribution in [-0.4, -0.2) is 20.7 Å². The maximum absolute atomic E-state index is 13.0. The van der Waals surface area contributed by atoms with E-state index < -0.39 is 5.41 Å². The first kappa shape index (κ1) is 15.8. The molecule has 2 atom stereocenters. The lowest BCUT2D eigenvalue weighted by Crippen LogP contribution is -2.36. The van der Waals surface area contributed by atoms with Gasteiger partial charge in [-0.2, -0.15) is 5.10 Å². The molecule has 3 aromatic rings. The number of cyclic esters (lactones) is 1. The number of carbonyl (C=O) groups is 1. The average Bonchev–Trinajstić information content (AvgIpc) is 3.26. The number of nitrogens with zero attached hydrogens (tertiary/aromatic N) is 3. The Morgan fingerprint density at radius 3 is 2.60 bits per heavy atom. The molecule has 0 amide bonds. The number of hydrogen-bond donors (Lipinski definition) is 0. The number of esters is 1. The number of ether oxygens (including phenoxy) is 1. The van der Waals surface area contributed by atoms with Gasteiger partial charge < -0.3 is 4.74 Å². The van der Waals surface area contributed by atoms with Crippen LogP contribution in [0.15, 0.2) is 67.3 Å². The van der Waals surface area contributed by atoms with Gasteiger partial charge >= 0.3 is 5.97 Å². The summed E-state index contributed by atoms with van der Waals surface area (Å²) >= 11 is 5.97. The van der Waals surface area contributed by atoms with Crippen molar-refractivity contribution in [3.63, 3.8) is 0 Å². The van der Waals surface area contributed by atoms with E-state index in [0.29, 0.717) is 18.0 Å². The summed E-state index contributed by atoms with van der Waals surface area (Å²) in [4.78, 5) is 16.9. The van der Waals surface area contributed by atoms with Crippen molar-refractivity contribution < 1.29 is 9.53 Å². The summed E-state index contributed by atoms with van der Waals surface area (Å²) in [5, 5.41) is 4.83. The second kappa shape index (κ2) is 6.33. The Morgan fingerprint density at radius 2 is 1.92 bits per heavy atom. The average molecular weight is 354 g/mol. The number of hydrogen-bond acceptors (Lipinski definition) is 4. The Labute approximate surface area is 150 Å². The minimum atomic E-state index is -0.792. The molecule has 1 aliphatic heterocycles. The molecule has 126 valence electrons. The first-order chi connectivity index (χ1) is 12.2. The van der Waals surface area contributed by atoms with Crippen molar-refractivity contribution in [2.24, 2.45) is 0 Å². The van der Waals surface area contributed by atoms with Gasteiger partial charge in [0.05, 0.1) is 6.54 Å². The van der Waals surface area contributed by atoms with Crippen LogP contribution < -0.4 is 0 Å². The molecule has 0 spiro atoms. The monoisotopic (exact) mass is 353 g/mol. The number of rotatable bonds is 4. The zero-order valence-electron chi connectivity index (χ0n) is 13.4. The van der Waals surface area contributed by atoms with Crippen LogP contribution in [0.25, 0.3) is 0 Å². The maximum Gasteiger partial charge on any atom is 0.319 e. The zero-order chi connectivity index (χ0) is 17.3. The molecule has 6 heteroatoms. The molecule has 0 bridgehead atoms. The molecule has 1 aliphatic rings. The fourth-order valence-corrected chi connectivity index (χ4v) is 3.48. The second-order valence-electron chi connectivity index (χ2n) is 6.19. The third kappa shape index (κ3) is 2.91. The Balaban J connectivity index is 1.73. The maximum atomic E-state index is 13.0. The van der Waals surface area contributed by atoms with Crippen LogP contribution >= 0.6 is 11.6 Å². The van der Waals surface area contributed by atoms with Gasteiger partial charge in [-0.15, -0.1) is 0 Å². The van der Waals surface area contributed by atoms with Crippen LogP contribution in [0.5, 0.6) is 0 Å². The highest BCUT2D eigenvalue weighted by Crippen LogP contribution is 2.45. The summed E-state index contributed by atoms with van der Waals surface area (Å²) in [7, 11) is 0. The molecule has 25 heavy (non-hydrogen) atoms. The normalized spacial score (nSPS) is 22.8. The van der Waals surface area contributed by atoms with Crippen molar-refractivity contribution in [1.29, 1.82) is 0 Å². The van der Waals surface area contributed by atoms with Crippen molar-refractivity contribution in [2.75, 3.05) is 0 Å².